The number of alkyl halides is 9. The minimum absolute atomic E-state index is 0.0346. The molecule has 3 amide bonds. The molecule has 1 aliphatic rings. The van der Waals surface area contributed by atoms with Gasteiger partial charge in [0.05, 0.1) is 28.9 Å². The van der Waals surface area contributed by atoms with E-state index in [-0.39, 0.29) is 30.4 Å². The van der Waals surface area contributed by atoms with Crippen LogP contribution >= 0.6 is 0 Å². The van der Waals surface area contributed by atoms with Gasteiger partial charge in [-0.3, -0.25) is 9.80 Å². The highest BCUT2D eigenvalue weighted by Crippen LogP contribution is 2.37. The van der Waals surface area contributed by atoms with E-state index in [1.54, 1.807) is 0 Å². The number of anilines is 1. The molecule has 196 valence electrons. The summed E-state index contributed by atoms with van der Waals surface area (Å²) >= 11 is 0. The van der Waals surface area contributed by atoms with Gasteiger partial charge in [-0.2, -0.15) is 39.5 Å². The quantitative estimate of drug-likeness (QED) is 0.470. The fraction of sp³-hybridized carbons (Fsp3) is 0.333. The van der Waals surface area contributed by atoms with E-state index in [1.807, 2.05) is 0 Å². The van der Waals surface area contributed by atoms with Gasteiger partial charge in [-0.25, -0.2) is 9.59 Å². The minimum atomic E-state index is -5.18. The van der Waals surface area contributed by atoms with E-state index >= 15 is 0 Å². The maximum absolute atomic E-state index is 13.3. The molecule has 3 rings (SSSR count). The third kappa shape index (κ3) is 6.12. The zero-order valence-electron chi connectivity index (χ0n) is 17.9. The fourth-order valence-corrected chi connectivity index (χ4v) is 3.58. The first-order valence-electron chi connectivity index (χ1n) is 9.98. The van der Waals surface area contributed by atoms with Crippen LogP contribution in [0.3, 0.4) is 0 Å². The lowest BCUT2D eigenvalue weighted by atomic mass is 10.0. The van der Waals surface area contributed by atoms with Gasteiger partial charge in [0, 0.05) is 19.6 Å². The average molecular weight is 529 g/mol. The largest absolute Gasteiger partial charge is 0.465 e. The smallest absolute Gasteiger partial charge is 0.416 e. The Kier molecular flexibility index (Phi) is 7.06. The summed E-state index contributed by atoms with van der Waals surface area (Å²) in [7, 11) is 0. The normalized spacial score (nSPS) is 14.7. The van der Waals surface area contributed by atoms with Crippen molar-refractivity contribution >= 4 is 17.8 Å². The molecule has 1 saturated heterocycles. The van der Waals surface area contributed by atoms with Crippen molar-refractivity contribution in [2.45, 2.75) is 31.6 Å². The van der Waals surface area contributed by atoms with E-state index in [0.29, 0.717) is 29.2 Å². The Labute approximate surface area is 196 Å². The number of carbonyl (C=O) groups is 2. The Balaban J connectivity index is 2.04. The topological polar surface area (TPSA) is 72.9 Å². The molecule has 0 bridgehead atoms. The number of rotatable bonds is 5. The van der Waals surface area contributed by atoms with Crippen LogP contribution in [-0.4, -0.2) is 35.2 Å². The minimum Gasteiger partial charge on any atom is -0.465 e. The number of urea groups is 1. The van der Waals surface area contributed by atoms with E-state index in [1.165, 1.54) is 0 Å². The summed E-state index contributed by atoms with van der Waals surface area (Å²) in [4.78, 5) is 25.2. The lowest BCUT2D eigenvalue weighted by Crippen LogP contribution is -2.32. The van der Waals surface area contributed by atoms with Crippen LogP contribution in [0.5, 0.6) is 0 Å². The predicted octanol–water partition coefficient (Wildman–Crippen LogP) is 5.95. The molecule has 0 aromatic heterocycles. The van der Waals surface area contributed by atoms with Crippen LogP contribution in [0.25, 0.3) is 0 Å². The molecule has 1 heterocycles. The number of hydrogen-bond acceptors (Lipinski definition) is 2. The molecule has 36 heavy (non-hydrogen) atoms. The molecule has 0 atom stereocenters. The molecular formula is C21H16F9N3O3. The maximum Gasteiger partial charge on any atom is 0.416 e. The van der Waals surface area contributed by atoms with E-state index < -0.39 is 66.0 Å². The van der Waals surface area contributed by atoms with E-state index in [4.69, 9.17) is 0 Å². The van der Waals surface area contributed by atoms with Crippen LogP contribution in [0.15, 0.2) is 36.4 Å². The molecule has 2 N–H and O–H groups in total. The zero-order chi connectivity index (χ0) is 27.1. The van der Waals surface area contributed by atoms with Gasteiger partial charge in [-0.1, -0.05) is 0 Å². The van der Waals surface area contributed by atoms with Crippen molar-refractivity contribution in [2.75, 3.05) is 18.0 Å². The maximum atomic E-state index is 13.3. The Morgan fingerprint density at radius 2 is 1.42 bits per heavy atom. The summed E-state index contributed by atoms with van der Waals surface area (Å²) in [5.74, 6) is 0. The van der Waals surface area contributed by atoms with Crippen LogP contribution in [-0.2, 0) is 31.6 Å². The predicted molar refractivity (Wildman–Crippen MR) is 106 cm³/mol. The standard InChI is InChI=1S/C21H16F9N3O3/c22-19(23,24)13-1-2-16(33-4-3-31-17(33)34)12(7-13)10-32(18(35)36)9-11-5-14(20(25,26)27)8-15(6-11)21(28,29)30/h1-2,5-8H,3-4,9-10H2,(H,31,34)(H,35,36). The third-order valence-corrected chi connectivity index (χ3v) is 5.21. The molecule has 0 radical (unpaired) electrons. The fourth-order valence-electron chi connectivity index (χ4n) is 3.58. The molecule has 1 fully saturated rings. The summed E-state index contributed by atoms with van der Waals surface area (Å²) < 4.78 is 119. The monoisotopic (exact) mass is 529 g/mol. The average Bonchev–Trinajstić information content (AvgIpc) is 3.16. The summed E-state index contributed by atoms with van der Waals surface area (Å²) in [6, 6.07) is 2.02. The van der Waals surface area contributed by atoms with Crippen molar-refractivity contribution < 1.29 is 54.2 Å². The molecule has 6 nitrogen and oxygen atoms in total. The highest BCUT2D eigenvalue weighted by atomic mass is 19.4. The highest BCUT2D eigenvalue weighted by molar-refractivity contribution is 5.94. The van der Waals surface area contributed by atoms with Crippen LogP contribution < -0.4 is 10.2 Å². The number of nitrogens with one attached hydrogen (secondary N) is 1. The highest BCUT2D eigenvalue weighted by Gasteiger charge is 2.37. The Morgan fingerprint density at radius 3 is 1.86 bits per heavy atom. The van der Waals surface area contributed by atoms with Gasteiger partial charge in [0.2, 0.25) is 0 Å². The van der Waals surface area contributed by atoms with Gasteiger partial charge in [0.25, 0.3) is 0 Å². The van der Waals surface area contributed by atoms with Gasteiger partial charge < -0.3 is 10.4 Å². The molecule has 0 saturated carbocycles. The lowest BCUT2D eigenvalue weighted by Gasteiger charge is -2.25. The summed E-state index contributed by atoms with van der Waals surface area (Å²) in [6.45, 7) is -1.70. The van der Waals surface area contributed by atoms with Crippen molar-refractivity contribution in [3.8, 4) is 0 Å². The molecule has 1 aliphatic heterocycles. The first kappa shape index (κ1) is 26.9. The number of nitrogens with zero attached hydrogens (tertiary/aromatic N) is 2. The van der Waals surface area contributed by atoms with E-state index in [9.17, 15) is 54.2 Å². The summed E-state index contributed by atoms with van der Waals surface area (Å²) in [5, 5.41) is 12.0. The molecule has 0 spiro atoms. The van der Waals surface area contributed by atoms with Crippen molar-refractivity contribution in [2.24, 2.45) is 0 Å². The molecule has 2 aromatic rings. The summed E-state index contributed by atoms with van der Waals surface area (Å²) in [5.41, 5.74) is -5.65. The number of carboxylic acid groups (broad SMARTS) is 1. The molecule has 0 aliphatic carbocycles. The number of halogens is 9. The molecule has 0 unspecified atom stereocenters. The number of amides is 3. The molecular weight excluding hydrogens is 513 g/mol. The zero-order valence-corrected chi connectivity index (χ0v) is 17.9. The van der Waals surface area contributed by atoms with Crippen LogP contribution in [0.4, 0.5) is 54.8 Å². The molecule has 2 aromatic carbocycles. The number of benzene rings is 2. The van der Waals surface area contributed by atoms with Crippen molar-refractivity contribution in [3.05, 3.63) is 64.2 Å². The van der Waals surface area contributed by atoms with E-state index in [2.05, 4.69) is 5.32 Å². The van der Waals surface area contributed by atoms with Crippen molar-refractivity contribution in [1.82, 2.24) is 10.2 Å². The van der Waals surface area contributed by atoms with Crippen molar-refractivity contribution in [3.63, 3.8) is 0 Å². The van der Waals surface area contributed by atoms with Crippen molar-refractivity contribution in [1.29, 1.82) is 0 Å². The Hall–Kier alpha value is -3.65. The van der Waals surface area contributed by atoms with Gasteiger partial charge in [-0.05, 0) is 47.5 Å². The molecule has 15 heteroatoms. The Bertz CT molecular complexity index is 1130. The first-order valence-corrected chi connectivity index (χ1v) is 9.98. The van der Waals surface area contributed by atoms with Gasteiger partial charge in [0.1, 0.15) is 0 Å². The van der Waals surface area contributed by atoms with Crippen LogP contribution in [0, 0.1) is 0 Å². The first-order chi connectivity index (χ1) is 16.5. The van der Waals surface area contributed by atoms with Crippen LogP contribution in [0.1, 0.15) is 27.8 Å². The third-order valence-electron chi connectivity index (χ3n) is 5.21. The van der Waals surface area contributed by atoms with Gasteiger partial charge in [0.15, 0.2) is 0 Å². The second-order valence-corrected chi connectivity index (χ2v) is 7.78. The van der Waals surface area contributed by atoms with Gasteiger partial charge in [-0.15, -0.1) is 0 Å². The summed E-state index contributed by atoms with van der Waals surface area (Å²) in [6.07, 6.45) is -17.0. The number of carbonyl (C=O) groups excluding carboxylic acids is 1. The lowest BCUT2D eigenvalue weighted by molar-refractivity contribution is -0.143. The Morgan fingerprint density at radius 1 is 0.861 bits per heavy atom. The van der Waals surface area contributed by atoms with Gasteiger partial charge >= 0.3 is 30.7 Å². The van der Waals surface area contributed by atoms with Crippen LogP contribution in [0.2, 0.25) is 0 Å². The SMILES string of the molecule is O=C(O)N(Cc1cc(C(F)(F)F)cc(C(F)(F)F)c1)Cc1cc(C(F)(F)F)ccc1N1CCNC1=O. The van der Waals surface area contributed by atoms with E-state index in [0.717, 1.165) is 11.0 Å². The second kappa shape index (κ2) is 9.43. The number of hydrogen-bond donors (Lipinski definition) is 2. The second-order valence-electron chi connectivity index (χ2n) is 7.78.